The van der Waals surface area contributed by atoms with Crippen LogP contribution in [0.25, 0.3) is 0 Å². The predicted octanol–water partition coefficient (Wildman–Crippen LogP) is 3.04. The SMILES string of the molecule is COc1ccc(C(=O)Nc2ccc3c(c2)OC[C@H](C)NC[C@H](C)[C@H](OC)CN(C)C3=O)cc1. The minimum Gasteiger partial charge on any atom is -0.497 e. The normalized spacial score (nSPS) is 21.8. The molecule has 2 aromatic carbocycles. The smallest absolute Gasteiger partial charge is 0.257 e. The average molecular weight is 456 g/mol. The summed E-state index contributed by atoms with van der Waals surface area (Å²) in [5.41, 5.74) is 1.48. The number of amides is 2. The van der Waals surface area contributed by atoms with Gasteiger partial charge >= 0.3 is 0 Å². The molecule has 2 N–H and O–H groups in total. The highest BCUT2D eigenvalue weighted by Gasteiger charge is 2.25. The van der Waals surface area contributed by atoms with Crippen LogP contribution in [0.2, 0.25) is 0 Å². The predicted molar refractivity (Wildman–Crippen MR) is 127 cm³/mol. The molecule has 0 aliphatic carbocycles. The van der Waals surface area contributed by atoms with Crippen molar-refractivity contribution in [2.75, 3.05) is 46.3 Å². The Labute approximate surface area is 195 Å². The lowest BCUT2D eigenvalue weighted by molar-refractivity contribution is 0.0281. The maximum atomic E-state index is 13.2. The Kier molecular flexibility index (Phi) is 8.30. The molecule has 0 aromatic heterocycles. The van der Waals surface area contributed by atoms with E-state index in [1.54, 1.807) is 68.6 Å². The minimum atomic E-state index is -0.263. The van der Waals surface area contributed by atoms with Crippen molar-refractivity contribution in [3.8, 4) is 11.5 Å². The average Bonchev–Trinajstić information content (AvgIpc) is 2.83. The van der Waals surface area contributed by atoms with Gasteiger partial charge in [-0.05, 0) is 49.2 Å². The molecular formula is C25H33N3O5. The van der Waals surface area contributed by atoms with Gasteiger partial charge in [-0.15, -0.1) is 0 Å². The number of benzene rings is 2. The number of carbonyl (C=O) groups excluding carboxylic acids is 2. The van der Waals surface area contributed by atoms with E-state index in [2.05, 4.69) is 17.6 Å². The van der Waals surface area contributed by atoms with Crippen molar-refractivity contribution in [3.05, 3.63) is 53.6 Å². The first-order valence-electron chi connectivity index (χ1n) is 11.1. The van der Waals surface area contributed by atoms with Gasteiger partial charge in [0.25, 0.3) is 11.8 Å². The van der Waals surface area contributed by atoms with Crippen molar-refractivity contribution >= 4 is 17.5 Å². The van der Waals surface area contributed by atoms with Gasteiger partial charge in [0.05, 0.1) is 18.8 Å². The zero-order chi connectivity index (χ0) is 24.0. The van der Waals surface area contributed by atoms with E-state index in [1.807, 2.05) is 6.92 Å². The molecule has 8 nitrogen and oxygen atoms in total. The second kappa shape index (κ2) is 11.2. The summed E-state index contributed by atoms with van der Waals surface area (Å²) >= 11 is 0. The molecule has 0 fully saturated rings. The molecule has 1 aliphatic heterocycles. The molecule has 0 saturated heterocycles. The van der Waals surface area contributed by atoms with Crippen LogP contribution in [0.5, 0.6) is 11.5 Å². The first-order valence-corrected chi connectivity index (χ1v) is 11.1. The number of nitrogens with one attached hydrogen (secondary N) is 2. The van der Waals surface area contributed by atoms with E-state index in [9.17, 15) is 9.59 Å². The van der Waals surface area contributed by atoms with Crippen LogP contribution in [-0.4, -0.2) is 69.8 Å². The van der Waals surface area contributed by atoms with Crippen LogP contribution >= 0.6 is 0 Å². The summed E-state index contributed by atoms with van der Waals surface area (Å²) in [6.07, 6.45) is -0.0921. The number of likely N-dealkylation sites (N-methyl/N-ethyl adjacent to an activating group) is 1. The fourth-order valence-corrected chi connectivity index (χ4v) is 3.68. The van der Waals surface area contributed by atoms with Crippen LogP contribution in [0.1, 0.15) is 34.6 Å². The van der Waals surface area contributed by atoms with Crippen molar-refractivity contribution in [1.29, 1.82) is 0 Å². The van der Waals surface area contributed by atoms with Crippen molar-refractivity contribution in [3.63, 3.8) is 0 Å². The number of anilines is 1. The molecule has 3 atom stereocenters. The lowest BCUT2D eigenvalue weighted by Crippen LogP contribution is -2.44. The highest BCUT2D eigenvalue weighted by atomic mass is 16.5. The molecular weight excluding hydrogens is 422 g/mol. The number of methoxy groups -OCH3 is 2. The fraction of sp³-hybridized carbons (Fsp3) is 0.440. The third-order valence-electron chi connectivity index (χ3n) is 5.84. The summed E-state index contributed by atoms with van der Waals surface area (Å²) in [5, 5.41) is 6.33. The fourth-order valence-electron chi connectivity index (χ4n) is 3.68. The van der Waals surface area contributed by atoms with Gasteiger partial charge in [0.15, 0.2) is 0 Å². The van der Waals surface area contributed by atoms with Crippen LogP contribution in [0.15, 0.2) is 42.5 Å². The van der Waals surface area contributed by atoms with Crippen LogP contribution in [0, 0.1) is 5.92 Å². The Bertz CT molecular complexity index is 963. The highest BCUT2D eigenvalue weighted by Crippen LogP contribution is 2.26. The number of nitrogens with zero attached hydrogens (tertiary/aromatic N) is 1. The number of carbonyl (C=O) groups is 2. The molecule has 8 heteroatoms. The summed E-state index contributed by atoms with van der Waals surface area (Å²) in [7, 11) is 5.00. The monoisotopic (exact) mass is 455 g/mol. The maximum Gasteiger partial charge on any atom is 0.257 e. The Morgan fingerprint density at radius 3 is 2.55 bits per heavy atom. The maximum absolute atomic E-state index is 13.2. The summed E-state index contributed by atoms with van der Waals surface area (Å²) in [6.45, 7) is 5.72. The molecule has 1 heterocycles. The molecule has 0 spiro atoms. The molecule has 0 bridgehead atoms. The first kappa shape index (κ1) is 24.5. The van der Waals surface area contributed by atoms with Crippen LogP contribution in [0.3, 0.4) is 0 Å². The van der Waals surface area contributed by atoms with Crippen molar-refractivity contribution in [2.24, 2.45) is 5.92 Å². The van der Waals surface area contributed by atoms with Gasteiger partial charge in [0.1, 0.15) is 18.1 Å². The summed E-state index contributed by atoms with van der Waals surface area (Å²) in [5.74, 6) is 0.905. The van der Waals surface area contributed by atoms with E-state index in [0.717, 1.165) is 6.54 Å². The van der Waals surface area contributed by atoms with Crippen molar-refractivity contribution < 1.29 is 23.8 Å². The molecule has 0 saturated carbocycles. The molecule has 0 radical (unpaired) electrons. The molecule has 0 unspecified atom stereocenters. The minimum absolute atomic E-state index is 0.0719. The summed E-state index contributed by atoms with van der Waals surface area (Å²) in [4.78, 5) is 27.5. The summed E-state index contributed by atoms with van der Waals surface area (Å²) < 4.78 is 16.8. The lowest BCUT2D eigenvalue weighted by Gasteiger charge is -2.30. The molecule has 33 heavy (non-hydrogen) atoms. The van der Waals surface area contributed by atoms with Crippen LogP contribution < -0.4 is 20.1 Å². The van der Waals surface area contributed by atoms with E-state index < -0.39 is 0 Å². The Morgan fingerprint density at radius 2 is 1.88 bits per heavy atom. The topological polar surface area (TPSA) is 89.1 Å². The van der Waals surface area contributed by atoms with Crippen molar-refractivity contribution in [1.82, 2.24) is 10.2 Å². The third-order valence-corrected chi connectivity index (χ3v) is 5.84. The number of hydrogen-bond acceptors (Lipinski definition) is 6. The highest BCUT2D eigenvalue weighted by molar-refractivity contribution is 6.05. The van der Waals surface area contributed by atoms with Crippen LogP contribution in [0.4, 0.5) is 5.69 Å². The number of hydrogen-bond donors (Lipinski definition) is 2. The lowest BCUT2D eigenvalue weighted by atomic mass is 10.0. The van der Waals surface area contributed by atoms with Gasteiger partial charge in [0.2, 0.25) is 0 Å². The van der Waals surface area contributed by atoms with Gasteiger partial charge in [-0.2, -0.15) is 0 Å². The second-order valence-electron chi connectivity index (χ2n) is 8.45. The Balaban J connectivity index is 1.84. The summed E-state index contributed by atoms with van der Waals surface area (Å²) in [6, 6.07) is 12.0. The van der Waals surface area contributed by atoms with Crippen molar-refractivity contribution in [2.45, 2.75) is 26.0 Å². The van der Waals surface area contributed by atoms with Gasteiger partial charge in [-0.1, -0.05) is 6.92 Å². The molecule has 3 rings (SSSR count). The van der Waals surface area contributed by atoms with Gasteiger partial charge in [-0.25, -0.2) is 0 Å². The zero-order valence-electron chi connectivity index (χ0n) is 19.9. The van der Waals surface area contributed by atoms with E-state index in [-0.39, 0.29) is 29.9 Å². The van der Waals surface area contributed by atoms with Gasteiger partial charge in [-0.3, -0.25) is 9.59 Å². The van der Waals surface area contributed by atoms with Gasteiger partial charge in [0, 0.05) is 50.6 Å². The first-order chi connectivity index (χ1) is 15.8. The third kappa shape index (κ3) is 6.24. The standard InChI is InChI=1S/C25H33N3O5/c1-16-13-26-17(2)15-33-22-12-19(27-24(29)18-6-9-20(31-4)10-7-18)8-11-21(22)25(30)28(3)14-23(16)32-5/h6-12,16-17,23,26H,13-15H2,1-5H3,(H,27,29)/t16-,17-,23+/m0/s1. The molecule has 2 aromatic rings. The quantitative estimate of drug-likeness (QED) is 0.737. The van der Waals surface area contributed by atoms with Crippen LogP contribution in [-0.2, 0) is 4.74 Å². The van der Waals surface area contributed by atoms with E-state index in [0.29, 0.717) is 41.5 Å². The largest absolute Gasteiger partial charge is 0.497 e. The van der Waals surface area contributed by atoms with E-state index in [4.69, 9.17) is 14.2 Å². The number of ether oxygens (including phenoxy) is 3. The van der Waals surface area contributed by atoms with E-state index in [1.165, 1.54) is 0 Å². The van der Waals surface area contributed by atoms with Gasteiger partial charge < -0.3 is 29.7 Å². The van der Waals surface area contributed by atoms with E-state index >= 15 is 0 Å². The Hall–Kier alpha value is -3.10. The molecule has 178 valence electrons. The number of fused-ring (bicyclic) bond motifs is 1. The second-order valence-corrected chi connectivity index (χ2v) is 8.45. The molecule has 2 amide bonds. The number of rotatable bonds is 4. The Morgan fingerprint density at radius 1 is 1.15 bits per heavy atom. The zero-order valence-corrected chi connectivity index (χ0v) is 19.9. The molecule has 1 aliphatic rings.